The molecule has 1 amide bonds. The first kappa shape index (κ1) is 20.1. The molecule has 2 aliphatic heterocycles. The van der Waals surface area contributed by atoms with Gasteiger partial charge in [-0.25, -0.2) is 4.39 Å². The Labute approximate surface area is 185 Å². The molecule has 0 unspecified atom stereocenters. The van der Waals surface area contributed by atoms with Gasteiger partial charge < -0.3 is 9.64 Å². The first-order valence-electron chi connectivity index (χ1n) is 10.5. The summed E-state index contributed by atoms with van der Waals surface area (Å²) < 4.78 is 20.6. The van der Waals surface area contributed by atoms with Crippen molar-refractivity contribution in [1.82, 2.24) is 14.7 Å². The maximum absolute atomic E-state index is 13.6. The van der Waals surface area contributed by atoms with Crippen molar-refractivity contribution in [3.05, 3.63) is 70.1 Å². The third-order valence-corrected chi connectivity index (χ3v) is 6.83. The number of piperidine rings is 1. The zero-order chi connectivity index (χ0) is 21.7. The number of amides is 1. The molecule has 2 bridgehead atoms. The summed E-state index contributed by atoms with van der Waals surface area (Å²) >= 11 is 6.48. The summed E-state index contributed by atoms with van der Waals surface area (Å²) in [6.07, 6.45) is 3.56. The second kappa shape index (κ2) is 7.68. The van der Waals surface area contributed by atoms with Gasteiger partial charge in [-0.15, -0.1) is 0 Å². The molecule has 2 aliphatic rings. The van der Waals surface area contributed by atoms with Crippen LogP contribution in [-0.2, 0) is 13.5 Å². The Morgan fingerprint density at radius 2 is 1.97 bits per heavy atom. The number of rotatable bonds is 3. The molecule has 1 fully saturated rings. The van der Waals surface area contributed by atoms with Crippen molar-refractivity contribution in [2.45, 2.75) is 37.8 Å². The van der Waals surface area contributed by atoms with Gasteiger partial charge in [0.2, 0.25) is 0 Å². The highest BCUT2D eigenvalue weighted by molar-refractivity contribution is 6.35. The van der Waals surface area contributed by atoms with Crippen molar-refractivity contribution in [3.8, 4) is 17.0 Å². The van der Waals surface area contributed by atoms with E-state index in [2.05, 4.69) is 0 Å². The van der Waals surface area contributed by atoms with E-state index in [-0.39, 0.29) is 23.8 Å². The number of methoxy groups -OCH3 is 1. The minimum atomic E-state index is -0.261. The van der Waals surface area contributed by atoms with Gasteiger partial charge >= 0.3 is 0 Å². The van der Waals surface area contributed by atoms with Crippen LogP contribution in [0.5, 0.6) is 5.75 Å². The predicted molar refractivity (Wildman–Crippen MR) is 117 cm³/mol. The van der Waals surface area contributed by atoms with Gasteiger partial charge in [0.1, 0.15) is 11.6 Å². The maximum Gasteiger partial charge on any atom is 0.256 e. The quantitative estimate of drug-likeness (QED) is 0.565. The van der Waals surface area contributed by atoms with Crippen molar-refractivity contribution >= 4 is 17.5 Å². The zero-order valence-corrected chi connectivity index (χ0v) is 18.2. The number of aryl methyl sites for hydroxylation is 1. The summed E-state index contributed by atoms with van der Waals surface area (Å²) in [5, 5.41) is 5.16. The fraction of sp³-hybridized carbons (Fsp3) is 0.333. The van der Waals surface area contributed by atoms with Crippen LogP contribution in [0.4, 0.5) is 4.39 Å². The number of carbonyl (C=O) groups is 1. The van der Waals surface area contributed by atoms with Crippen LogP contribution >= 0.6 is 11.6 Å². The van der Waals surface area contributed by atoms with Crippen LogP contribution in [0.3, 0.4) is 0 Å². The molecule has 5 rings (SSSR count). The Balaban J connectivity index is 1.57. The number of hydrogen-bond acceptors (Lipinski definition) is 3. The molecule has 1 saturated heterocycles. The molecular formula is C24H23ClFN3O2. The van der Waals surface area contributed by atoms with E-state index in [0.29, 0.717) is 16.3 Å². The van der Waals surface area contributed by atoms with E-state index < -0.39 is 0 Å². The van der Waals surface area contributed by atoms with Crippen LogP contribution in [-0.4, -0.2) is 33.7 Å². The predicted octanol–water partition coefficient (Wildman–Crippen LogP) is 5.18. The van der Waals surface area contributed by atoms with E-state index in [9.17, 15) is 9.18 Å². The number of ether oxygens (including phenoxy) is 1. The first-order valence-corrected chi connectivity index (χ1v) is 10.8. The minimum absolute atomic E-state index is 0.0735. The monoisotopic (exact) mass is 439 g/mol. The van der Waals surface area contributed by atoms with E-state index in [1.54, 1.807) is 37.4 Å². The van der Waals surface area contributed by atoms with Crippen molar-refractivity contribution < 1.29 is 13.9 Å². The number of carbonyl (C=O) groups excluding carboxylic acids is 1. The molecular weight excluding hydrogens is 417 g/mol. The lowest BCUT2D eigenvalue weighted by atomic mass is 9.81. The molecule has 0 aliphatic carbocycles. The number of benzene rings is 2. The summed E-state index contributed by atoms with van der Waals surface area (Å²) in [5.41, 5.74) is 4.48. The van der Waals surface area contributed by atoms with Gasteiger partial charge in [0.05, 0.1) is 35.1 Å². The average Bonchev–Trinajstić information content (AvgIpc) is 3.09. The standard InChI is InChI=1S/C24H23ClFN3O2/c1-28-23(14-9-11-15(26)12-10-14)18-13-16-5-3-7-19(22(18)27-28)29(16)24(30)17-6-4-8-20(31-2)21(17)25/h4,6,8-12,16,19H,3,5,7,13H2,1-2H3/t16-,19+/m1/s1. The van der Waals surface area contributed by atoms with Crippen LogP contribution in [0.2, 0.25) is 5.02 Å². The normalized spacial score (nSPS) is 19.8. The van der Waals surface area contributed by atoms with Crippen molar-refractivity contribution in [2.24, 2.45) is 7.05 Å². The fourth-order valence-electron chi connectivity index (χ4n) is 5.09. The van der Waals surface area contributed by atoms with E-state index >= 15 is 0 Å². The molecule has 2 atom stereocenters. The van der Waals surface area contributed by atoms with Gasteiger partial charge in [-0.05, 0) is 62.1 Å². The van der Waals surface area contributed by atoms with Crippen LogP contribution in [0.1, 0.15) is 46.9 Å². The second-order valence-electron chi connectivity index (χ2n) is 8.18. The van der Waals surface area contributed by atoms with Gasteiger partial charge in [0.15, 0.2) is 0 Å². The van der Waals surface area contributed by atoms with Crippen LogP contribution in [0, 0.1) is 5.82 Å². The average molecular weight is 440 g/mol. The molecule has 0 saturated carbocycles. The molecule has 3 aromatic rings. The second-order valence-corrected chi connectivity index (χ2v) is 8.56. The zero-order valence-electron chi connectivity index (χ0n) is 17.4. The third kappa shape index (κ3) is 3.21. The molecule has 0 N–H and O–H groups in total. The number of nitrogens with zero attached hydrogens (tertiary/aromatic N) is 3. The maximum atomic E-state index is 13.6. The lowest BCUT2D eigenvalue weighted by Crippen LogP contribution is -2.50. The number of aromatic nitrogens is 2. The summed E-state index contributed by atoms with van der Waals surface area (Å²) in [7, 11) is 3.45. The van der Waals surface area contributed by atoms with E-state index in [4.69, 9.17) is 21.4 Å². The SMILES string of the molecule is COc1cccc(C(=O)N2[C@@H]3CCC[C@H]2c2nn(C)c(-c4ccc(F)cc4)c2C3)c1Cl. The topological polar surface area (TPSA) is 47.4 Å². The van der Waals surface area contributed by atoms with Gasteiger partial charge in [0.25, 0.3) is 5.91 Å². The summed E-state index contributed by atoms with van der Waals surface area (Å²) in [4.78, 5) is 15.6. The molecule has 160 valence electrons. The number of fused-ring (bicyclic) bond motifs is 4. The third-order valence-electron chi connectivity index (χ3n) is 6.44. The van der Waals surface area contributed by atoms with Crippen molar-refractivity contribution in [3.63, 3.8) is 0 Å². The summed E-state index contributed by atoms with van der Waals surface area (Å²) in [6, 6.07) is 11.8. The van der Waals surface area contributed by atoms with Crippen LogP contribution in [0.15, 0.2) is 42.5 Å². The molecule has 5 nitrogen and oxygen atoms in total. The fourth-order valence-corrected chi connectivity index (χ4v) is 5.37. The van der Waals surface area contributed by atoms with E-state index in [0.717, 1.165) is 48.2 Å². The Bertz CT molecular complexity index is 1160. The van der Waals surface area contributed by atoms with Gasteiger partial charge in [-0.3, -0.25) is 9.48 Å². The molecule has 0 spiro atoms. The molecule has 2 aromatic carbocycles. The molecule has 7 heteroatoms. The smallest absolute Gasteiger partial charge is 0.256 e. The molecule has 0 radical (unpaired) electrons. The Morgan fingerprint density at radius 3 is 2.71 bits per heavy atom. The highest BCUT2D eigenvalue weighted by atomic mass is 35.5. The van der Waals surface area contributed by atoms with Gasteiger partial charge in [-0.2, -0.15) is 5.10 Å². The van der Waals surface area contributed by atoms with Crippen LogP contribution < -0.4 is 4.74 Å². The number of halogens is 2. The first-order chi connectivity index (χ1) is 15.0. The minimum Gasteiger partial charge on any atom is -0.495 e. The molecule has 31 heavy (non-hydrogen) atoms. The summed E-state index contributed by atoms with van der Waals surface area (Å²) in [5.74, 6) is 0.147. The van der Waals surface area contributed by atoms with Crippen LogP contribution in [0.25, 0.3) is 11.3 Å². The lowest BCUT2D eigenvalue weighted by molar-refractivity contribution is 0.0391. The highest BCUT2D eigenvalue weighted by Crippen LogP contribution is 2.45. The van der Waals surface area contributed by atoms with E-state index in [1.807, 2.05) is 16.6 Å². The Kier molecular flexibility index (Phi) is 4.97. The number of hydrogen-bond donors (Lipinski definition) is 0. The molecule has 1 aromatic heterocycles. The van der Waals surface area contributed by atoms with Gasteiger partial charge in [0, 0.05) is 24.2 Å². The Hall–Kier alpha value is -2.86. The largest absolute Gasteiger partial charge is 0.495 e. The summed E-state index contributed by atoms with van der Waals surface area (Å²) in [6.45, 7) is 0. The van der Waals surface area contributed by atoms with Gasteiger partial charge in [-0.1, -0.05) is 17.7 Å². The van der Waals surface area contributed by atoms with Crippen molar-refractivity contribution in [2.75, 3.05) is 7.11 Å². The van der Waals surface area contributed by atoms with E-state index in [1.165, 1.54) is 12.1 Å². The highest BCUT2D eigenvalue weighted by Gasteiger charge is 2.44. The lowest BCUT2D eigenvalue weighted by Gasteiger charge is -2.45. The Morgan fingerprint density at radius 1 is 1.19 bits per heavy atom. The molecule has 3 heterocycles. The van der Waals surface area contributed by atoms with Crippen molar-refractivity contribution in [1.29, 1.82) is 0 Å².